The van der Waals surface area contributed by atoms with Crippen LogP contribution in [-0.2, 0) is 9.53 Å². The van der Waals surface area contributed by atoms with Gasteiger partial charge in [0, 0.05) is 46.9 Å². The second-order valence-electron chi connectivity index (χ2n) is 7.14. The molecular formula is C21H35N5O4. The highest BCUT2D eigenvalue weighted by Crippen LogP contribution is 2.18. The number of hydrogen-bond donors (Lipinski definition) is 2. The number of guanidine groups is 1. The van der Waals surface area contributed by atoms with Crippen LogP contribution in [0.4, 0.5) is 0 Å². The predicted molar refractivity (Wildman–Crippen MR) is 117 cm³/mol. The van der Waals surface area contributed by atoms with Crippen molar-refractivity contribution in [2.45, 2.75) is 13.0 Å². The molecule has 0 radical (unpaired) electrons. The van der Waals surface area contributed by atoms with Gasteiger partial charge >= 0.3 is 0 Å². The Labute approximate surface area is 179 Å². The summed E-state index contributed by atoms with van der Waals surface area (Å²) in [5.41, 5.74) is 0. The Morgan fingerprint density at radius 1 is 1.10 bits per heavy atom. The number of amides is 1. The fraction of sp³-hybridized carbons (Fsp3) is 0.619. The average molecular weight is 422 g/mol. The second kappa shape index (κ2) is 12.9. The summed E-state index contributed by atoms with van der Waals surface area (Å²) in [4.78, 5) is 20.7. The number of nitrogens with zero attached hydrogens (tertiary/aromatic N) is 3. The normalized spacial score (nSPS) is 16.1. The molecule has 2 rings (SSSR count). The van der Waals surface area contributed by atoms with E-state index < -0.39 is 0 Å². The van der Waals surface area contributed by atoms with E-state index in [9.17, 15) is 4.79 Å². The molecule has 0 aromatic heterocycles. The van der Waals surface area contributed by atoms with E-state index in [1.54, 1.807) is 21.3 Å². The maximum Gasteiger partial charge on any atom is 0.234 e. The molecule has 1 heterocycles. The first kappa shape index (κ1) is 23.8. The fourth-order valence-electron chi connectivity index (χ4n) is 3.16. The van der Waals surface area contributed by atoms with Crippen LogP contribution in [0.25, 0.3) is 0 Å². The van der Waals surface area contributed by atoms with Crippen LogP contribution in [0, 0.1) is 0 Å². The molecule has 0 saturated carbocycles. The quantitative estimate of drug-likeness (QED) is 0.322. The number of hydrogen-bond acceptors (Lipinski definition) is 6. The van der Waals surface area contributed by atoms with Gasteiger partial charge in [-0.3, -0.25) is 14.7 Å². The minimum Gasteiger partial charge on any atom is -0.497 e. The molecule has 1 saturated heterocycles. The Morgan fingerprint density at radius 2 is 1.77 bits per heavy atom. The third-order valence-corrected chi connectivity index (χ3v) is 4.82. The van der Waals surface area contributed by atoms with Crippen LogP contribution in [0.5, 0.6) is 11.5 Å². The largest absolute Gasteiger partial charge is 0.497 e. The lowest BCUT2D eigenvalue weighted by molar-refractivity contribution is -0.122. The Kier molecular flexibility index (Phi) is 10.2. The van der Waals surface area contributed by atoms with E-state index in [1.165, 1.54) is 0 Å². The van der Waals surface area contributed by atoms with Crippen LogP contribution in [0.3, 0.4) is 0 Å². The van der Waals surface area contributed by atoms with Crippen molar-refractivity contribution in [3.8, 4) is 11.5 Å². The molecule has 2 N–H and O–H groups in total. The fourth-order valence-corrected chi connectivity index (χ4v) is 3.16. The third-order valence-electron chi connectivity index (χ3n) is 4.82. The molecule has 0 aliphatic carbocycles. The average Bonchev–Trinajstić information content (AvgIpc) is 2.76. The Morgan fingerprint density at radius 3 is 2.37 bits per heavy atom. The SMILES string of the molecule is CN=C(NCC(C)Oc1ccc(OC)cc1)N1CCN(CC(=O)NCCOC)CC1. The highest BCUT2D eigenvalue weighted by atomic mass is 16.5. The van der Waals surface area contributed by atoms with Gasteiger partial charge in [0.2, 0.25) is 5.91 Å². The number of piperazine rings is 1. The lowest BCUT2D eigenvalue weighted by atomic mass is 10.3. The van der Waals surface area contributed by atoms with Crippen molar-refractivity contribution in [3.63, 3.8) is 0 Å². The summed E-state index contributed by atoms with van der Waals surface area (Å²) in [7, 11) is 5.05. The summed E-state index contributed by atoms with van der Waals surface area (Å²) in [6.45, 7) is 7.41. The Balaban J connectivity index is 1.70. The predicted octanol–water partition coefficient (Wildman–Crippen LogP) is 0.418. The first-order valence-corrected chi connectivity index (χ1v) is 10.3. The summed E-state index contributed by atoms with van der Waals surface area (Å²) in [5, 5.41) is 6.25. The number of benzene rings is 1. The molecule has 1 aromatic carbocycles. The highest BCUT2D eigenvalue weighted by Gasteiger charge is 2.21. The number of rotatable bonds is 10. The molecule has 1 unspecified atom stereocenters. The summed E-state index contributed by atoms with van der Waals surface area (Å²) < 4.78 is 16.1. The van der Waals surface area contributed by atoms with Crippen LogP contribution < -0.4 is 20.1 Å². The van der Waals surface area contributed by atoms with Crippen molar-refractivity contribution in [1.82, 2.24) is 20.4 Å². The van der Waals surface area contributed by atoms with Gasteiger partial charge in [0.15, 0.2) is 5.96 Å². The molecule has 9 nitrogen and oxygen atoms in total. The van der Waals surface area contributed by atoms with E-state index in [2.05, 4.69) is 25.4 Å². The summed E-state index contributed by atoms with van der Waals surface area (Å²) in [6, 6.07) is 7.56. The van der Waals surface area contributed by atoms with Crippen molar-refractivity contribution in [1.29, 1.82) is 0 Å². The van der Waals surface area contributed by atoms with E-state index in [-0.39, 0.29) is 12.0 Å². The van der Waals surface area contributed by atoms with E-state index in [4.69, 9.17) is 14.2 Å². The van der Waals surface area contributed by atoms with Crippen molar-refractivity contribution in [2.24, 2.45) is 4.99 Å². The summed E-state index contributed by atoms with van der Waals surface area (Å²) in [6.07, 6.45) is -0.0211. The summed E-state index contributed by atoms with van der Waals surface area (Å²) in [5.74, 6) is 2.49. The molecule has 0 spiro atoms. The van der Waals surface area contributed by atoms with Crippen molar-refractivity contribution < 1.29 is 19.0 Å². The molecule has 30 heavy (non-hydrogen) atoms. The number of carbonyl (C=O) groups is 1. The topological polar surface area (TPSA) is 87.7 Å². The molecule has 1 amide bonds. The molecule has 1 aromatic rings. The van der Waals surface area contributed by atoms with Crippen LogP contribution in [0.15, 0.2) is 29.3 Å². The number of nitrogens with one attached hydrogen (secondary N) is 2. The molecule has 168 valence electrons. The molecule has 0 bridgehead atoms. The minimum absolute atomic E-state index is 0.0211. The zero-order valence-corrected chi connectivity index (χ0v) is 18.5. The van der Waals surface area contributed by atoms with Gasteiger partial charge in [0.05, 0.1) is 26.8 Å². The Bertz CT molecular complexity index is 660. The smallest absolute Gasteiger partial charge is 0.234 e. The second-order valence-corrected chi connectivity index (χ2v) is 7.14. The number of carbonyl (C=O) groups excluding carboxylic acids is 1. The van der Waals surface area contributed by atoms with Crippen LogP contribution in [0.1, 0.15) is 6.92 Å². The van der Waals surface area contributed by atoms with Gasteiger partial charge in [-0.2, -0.15) is 0 Å². The summed E-state index contributed by atoms with van der Waals surface area (Å²) >= 11 is 0. The lowest BCUT2D eigenvalue weighted by Gasteiger charge is -2.36. The van der Waals surface area contributed by atoms with Crippen molar-refractivity contribution >= 4 is 11.9 Å². The number of ether oxygens (including phenoxy) is 3. The molecule has 9 heteroatoms. The van der Waals surface area contributed by atoms with Gasteiger partial charge < -0.3 is 29.7 Å². The number of aliphatic imine (C=N–C) groups is 1. The van der Waals surface area contributed by atoms with Gasteiger partial charge in [-0.05, 0) is 31.2 Å². The maximum atomic E-state index is 11.9. The van der Waals surface area contributed by atoms with Crippen LogP contribution >= 0.6 is 0 Å². The molecular weight excluding hydrogens is 386 g/mol. The van der Waals surface area contributed by atoms with Crippen LogP contribution in [0.2, 0.25) is 0 Å². The van der Waals surface area contributed by atoms with Gasteiger partial charge in [0.25, 0.3) is 0 Å². The van der Waals surface area contributed by atoms with Crippen LogP contribution in [-0.4, -0.2) is 101 Å². The highest BCUT2D eigenvalue weighted by molar-refractivity contribution is 5.80. The molecule has 1 aliphatic rings. The Hall–Kier alpha value is -2.52. The zero-order chi connectivity index (χ0) is 21.8. The van der Waals surface area contributed by atoms with Gasteiger partial charge in [0.1, 0.15) is 17.6 Å². The van der Waals surface area contributed by atoms with E-state index in [1.807, 2.05) is 31.2 Å². The minimum atomic E-state index is -0.0211. The molecule has 1 atom stereocenters. The van der Waals surface area contributed by atoms with Gasteiger partial charge in [-0.15, -0.1) is 0 Å². The standard InChI is InChI=1S/C21H35N5O4/c1-17(30-19-7-5-18(29-4)6-8-19)15-24-21(22-2)26-12-10-25(11-13-26)16-20(27)23-9-14-28-3/h5-8,17H,9-16H2,1-4H3,(H,22,24)(H,23,27). The first-order chi connectivity index (χ1) is 14.5. The number of methoxy groups -OCH3 is 2. The van der Waals surface area contributed by atoms with E-state index >= 15 is 0 Å². The maximum absolute atomic E-state index is 11.9. The molecule has 1 fully saturated rings. The van der Waals surface area contributed by atoms with Crippen molar-refractivity contribution in [3.05, 3.63) is 24.3 Å². The van der Waals surface area contributed by atoms with E-state index in [0.29, 0.717) is 26.2 Å². The lowest BCUT2D eigenvalue weighted by Crippen LogP contribution is -2.54. The van der Waals surface area contributed by atoms with E-state index in [0.717, 1.165) is 43.6 Å². The van der Waals surface area contributed by atoms with Gasteiger partial charge in [-0.1, -0.05) is 0 Å². The van der Waals surface area contributed by atoms with Gasteiger partial charge in [-0.25, -0.2) is 0 Å². The zero-order valence-electron chi connectivity index (χ0n) is 18.5. The molecule has 1 aliphatic heterocycles. The first-order valence-electron chi connectivity index (χ1n) is 10.3. The monoisotopic (exact) mass is 421 g/mol. The van der Waals surface area contributed by atoms with Crippen molar-refractivity contribution in [2.75, 3.05) is 73.7 Å². The third kappa shape index (κ3) is 8.08.